The van der Waals surface area contributed by atoms with Gasteiger partial charge in [0.15, 0.2) is 0 Å². The molecule has 0 saturated carbocycles. The maximum Gasteiger partial charge on any atom is 0.252 e. The molecule has 0 aliphatic heterocycles. The summed E-state index contributed by atoms with van der Waals surface area (Å²) in [6.07, 6.45) is 0. The quantitative estimate of drug-likeness (QED) is 0.472. The van der Waals surface area contributed by atoms with Crippen molar-refractivity contribution in [1.29, 1.82) is 0 Å². The SMILES string of the molecule is C=C(C)COCCNC(=O)c1cccc(N)c1Cl. The third-order valence-electron chi connectivity index (χ3n) is 2.15. The molecule has 0 aromatic heterocycles. The summed E-state index contributed by atoms with van der Waals surface area (Å²) >= 11 is 5.94. The molecule has 1 amide bonds. The smallest absolute Gasteiger partial charge is 0.252 e. The van der Waals surface area contributed by atoms with Crippen LogP contribution < -0.4 is 11.1 Å². The van der Waals surface area contributed by atoms with Gasteiger partial charge < -0.3 is 15.8 Å². The van der Waals surface area contributed by atoms with Crippen LogP contribution in [0, 0.1) is 0 Å². The molecule has 1 rings (SSSR count). The van der Waals surface area contributed by atoms with Gasteiger partial charge in [-0.1, -0.05) is 29.8 Å². The van der Waals surface area contributed by atoms with E-state index >= 15 is 0 Å². The molecule has 5 heteroatoms. The number of carbonyl (C=O) groups excluding carboxylic acids is 1. The minimum atomic E-state index is -0.258. The average molecular weight is 269 g/mol. The molecule has 0 aliphatic carbocycles. The summed E-state index contributed by atoms with van der Waals surface area (Å²) in [6.45, 7) is 6.93. The van der Waals surface area contributed by atoms with Gasteiger partial charge in [-0.3, -0.25) is 4.79 Å². The number of amides is 1. The highest BCUT2D eigenvalue weighted by molar-refractivity contribution is 6.36. The van der Waals surface area contributed by atoms with Gasteiger partial charge in [0.05, 0.1) is 29.5 Å². The first-order valence-electron chi connectivity index (χ1n) is 5.56. The summed E-state index contributed by atoms with van der Waals surface area (Å²) in [4.78, 5) is 11.8. The summed E-state index contributed by atoms with van der Waals surface area (Å²) in [5.74, 6) is -0.258. The van der Waals surface area contributed by atoms with Crippen LogP contribution in [0.15, 0.2) is 30.4 Å². The number of hydrogen-bond donors (Lipinski definition) is 2. The summed E-state index contributed by atoms with van der Waals surface area (Å²) in [5, 5.41) is 2.98. The van der Waals surface area contributed by atoms with Gasteiger partial charge in [0.1, 0.15) is 0 Å². The first-order valence-corrected chi connectivity index (χ1v) is 5.94. The van der Waals surface area contributed by atoms with E-state index in [0.29, 0.717) is 31.0 Å². The van der Waals surface area contributed by atoms with Crippen LogP contribution in [0.1, 0.15) is 17.3 Å². The second-order valence-electron chi connectivity index (χ2n) is 3.97. The number of rotatable bonds is 6. The second-order valence-corrected chi connectivity index (χ2v) is 4.35. The van der Waals surface area contributed by atoms with E-state index in [4.69, 9.17) is 22.1 Å². The maximum atomic E-state index is 11.8. The monoisotopic (exact) mass is 268 g/mol. The van der Waals surface area contributed by atoms with Gasteiger partial charge in [0.25, 0.3) is 5.91 Å². The first-order chi connectivity index (χ1) is 8.52. The minimum absolute atomic E-state index is 0.258. The van der Waals surface area contributed by atoms with Gasteiger partial charge >= 0.3 is 0 Å². The molecule has 98 valence electrons. The molecular weight excluding hydrogens is 252 g/mol. The molecule has 0 unspecified atom stereocenters. The molecule has 0 radical (unpaired) electrons. The topological polar surface area (TPSA) is 64.3 Å². The van der Waals surface area contributed by atoms with Gasteiger partial charge in [0.2, 0.25) is 0 Å². The van der Waals surface area contributed by atoms with Gasteiger partial charge in [-0.25, -0.2) is 0 Å². The third kappa shape index (κ3) is 4.39. The van der Waals surface area contributed by atoms with E-state index in [2.05, 4.69) is 11.9 Å². The Balaban J connectivity index is 2.41. The lowest BCUT2D eigenvalue weighted by Crippen LogP contribution is -2.27. The van der Waals surface area contributed by atoms with Crippen molar-refractivity contribution >= 4 is 23.2 Å². The number of ether oxygens (including phenoxy) is 1. The largest absolute Gasteiger partial charge is 0.398 e. The Kier molecular flexibility index (Phi) is 5.68. The minimum Gasteiger partial charge on any atom is -0.398 e. The van der Waals surface area contributed by atoms with E-state index in [1.54, 1.807) is 18.2 Å². The van der Waals surface area contributed by atoms with Gasteiger partial charge in [-0.2, -0.15) is 0 Å². The number of nitrogens with two attached hydrogens (primary N) is 1. The lowest BCUT2D eigenvalue weighted by Gasteiger charge is -2.08. The molecule has 0 aliphatic rings. The number of nitrogen functional groups attached to an aromatic ring is 1. The van der Waals surface area contributed by atoms with Gasteiger partial charge in [0, 0.05) is 6.54 Å². The van der Waals surface area contributed by atoms with Crippen LogP contribution in [0.3, 0.4) is 0 Å². The van der Waals surface area contributed by atoms with Gasteiger partial charge in [-0.15, -0.1) is 0 Å². The highest BCUT2D eigenvalue weighted by Gasteiger charge is 2.11. The summed E-state index contributed by atoms with van der Waals surface area (Å²) in [7, 11) is 0. The van der Waals surface area contributed by atoms with Crippen LogP contribution in [0.4, 0.5) is 5.69 Å². The standard InChI is InChI=1S/C13H17ClN2O2/c1-9(2)8-18-7-6-16-13(17)10-4-3-5-11(15)12(10)14/h3-5H,1,6-8,15H2,2H3,(H,16,17). The fourth-order valence-corrected chi connectivity index (χ4v) is 1.52. The molecule has 0 heterocycles. The molecule has 1 aromatic rings. The normalized spacial score (nSPS) is 10.1. The van der Waals surface area contributed by atoms with Crippen LogP contribution in [-0.2, 0) is 4.74 Å². The fourth-order valence-electron chi connectivity index (χ4n) is 1.30. The fraction of sp³-hybridized carbons (Fsp3) is 0.308. The molecule has 0 fully saturated rings. The van der Waals surface area contributed by atoms with Crippen molar-refractivity contribution in [3.05, 3.63) is 40.9 Å². The number of anilines is 1. The molecule has 0 bridgehead atoms. The number of carbonyl (C=O) groups is 1. The number of nitrogens with one attached hydrogen (secondary N) is 1. The van der Waals surface area contributed by atoms with E-state index in [-0.39, 0.29) is 10.9 Å². The number of halogens is 1. The van der Waals surface area contributed by atoms with Crippen molar-refractivity contribution in [1.82, 2.24) is 5.32 Å². The summed E-state index contributed by atoms with van der Waals surface area (Å²) in [6, 6.07) is 4.96. The summed E-state index contributed by atoms with van der Waals surface area (Å²) < 4.78 is 5.26. The average Bonchev–Trinajstić information content (AvgIpc) is 2.31. The van der Waals surface area contributed by atoms with Crippen molar-refractivity contribution in [2.45, 2.75) is 6.92 Å². The van der Waals surface area contributed by atoms with E-state index in [0.717, 1.165) is 5.57 Å². The number of hydrogen-bond acceptors (Lipinski definition) is 3. The maximum absolute atomic E-state index is 11.8. The van der Waals surface area contributed by atoms with Crippen molar-refractivity contribution in [2.24, 2.45) is 0 Å². The highest BCUT2D eigenvalue weighted by atomic mass is 35.5. The van der Waals surface area contributed by atoms with Crippen molar-refractivity contribution < 1.29 is 9.53 Å². The Bertz CT molecular complexity index is 447. The van der Waals surface area contributed by atoms with Crippen LogP contribution in [-0.4, -0.2) is 25.7 Å². The Morgan fingerprint density at radius 1 is 1.56 bits per heavy atom. The lowest BCUT2D eigenvalue weighted by atomic mass is 10.2. The van der Waals surface area contributed by atoms with E-state index in [9.17, 15) is 4.79 Å². The molecule has 18 heavy (non-hydrogen) atoms. The van der Waals surface area contributed by atoms with Crippen molar-refractivity contribution in [2.75, 3.05) is 25.5 Å². The molecular formula is C13H17ClN2O2. The molecule has 0 spiro atoms. The van der Waals surface area contributed by atoms with E-state index < -0.39 is 0 Å². The van der Waals surface area contributed by atoms with Gasteiger partial charge in [-0.05, 0) is 19.1 Å². The Hall–Kier alpha value is -1.52. The van der Waals surface area contributed by atoms with Crippen LogP contribution in [0.25, 0.3) is 0 Å². The molecule has 0 saturated heterocycles. The number of benzene rings is 1. The second kappa shape index (κ2) is 7.03. The van der Waals surface area contributed by atoms with Crippen molar-refractivity contribution in [3.8, 4) is 0 Å². The third-order valence-corrected chi connectivity index (χ3v) is 2.58. The zero-order valence-corrected chi connectivity index (χ0v) is 11.1. The molecule has 1 aromatic carbocycles. The van der Waals surface area contributed by atoms with Crippen LogP contribution in [0.5, 0.6) is 0 Å². The van der Waals surface area contributed by atoms with Crippen LogP contribution in [0.2, 0.25) is 5.02 Å². The first kappa shape index (κ1) is 14.5. The Morgan fingerprint density at radius 3 is 2.94 bits per heavy atom. The predicted octanol–water partition coefficient (Wildman–Crippen LogP) is 2.24. The molecule has 0 atom stereocenters. The van der Waals surface area contributed by atoms with E-state index in [1.807, 2.05) is 6.92 Å². The van der Waals surface area contributed by atoms with Crippen LogP contribution >= 0.6 is 11.6 Å². The zero-order chi connectivity index (χ0) is 13.5. The van der Waals surface area contributed by atoms with Crippen molar-refractivity contribution in [3.63, 3.8) is 0 Å². The summed E-state index contributed by atoms with van der Waals surface area (Å²) in [5.41, 5.74) is 7.33. The lowest BCUT2D eigenvalue weighted by molar-refractivity contribution is 0.0927. The van der Waals surface area contributed by atoms with E-state index in [1.165, 1.54) is 0 Å². The molecule has 3 N–H and O–H groups in total. The Morgan fingerprint density at radius 2 is 2.28 bits per heavy atom. The Labute approximate surface area is 112 Å². The highest BCUT2D eigenvalue weighted by Crippen LogP contribution is 2.22. The zero-order valence-electron chi connectivity index (χ0n) is 10.3. The predicted molar refractivity (Wildman–Crippen MR) is 73.8 cm³/mol. The molecule has 4 nitrogen and oxygen atoms in total.